The van der Waals surface area contributed by atoms with Gasteiger partial charge in [0, 0.05) is 20.2 Å². The van der Waals surface area contributed by atoms with Gasteiger partial charge < -0.3 is 14.8 Å². The molecule has 0 atom stereocenters. The fourth-order valence-corrected chi connectivity index (χ4v) is 2.92. The SMILES string of the molecule is CCCNC(=O)COc1ccc(S(=O)(=O)NCCOC)cc1Cl. The molecule has 0 spiro atoms. The Morgan fingerprint density at radius 1 is 1.30 bits per heavy atom. The van der Waals surface area contributed by atoms with Crippen LogP contribution in [0.4, 0.5) is 0 Å². The van der Waals surface area contributed by atoms with Crippen LogP contribution in [0.25, 0.3) is 0 Å². The Labute approximate surface area is 141 Å². The van der Waals surface area contributed by atoms with Gasteiger partial charge in [0.2, 0.25) is 10.0 Å². The van der Waals surface area contributed by atoms with Crippen LogP contribution in [-0.2, 0) is 19.6 Å². The molecule has 0 aliphatic carbocycles. The molecule has 9 heteroatoms. The fourth-order valence-electron chi connectivity index (χ4n) is 1.59. The highest BCUT2D eigenvalue weighted by Gasteiger charge is 2.16. The van der Waals surface area contributed by atoms with Crippen molar-refractivity contribution in [1.82, 2.24) is 10.0 Å². The average Bonchev–Trinajstić information content (AvgIpc) is 2.51. The van der Waals surface area contributed by atoms with E-state index in [4.69, 9.17) is 21.1 Å². The van der Waals surface area contributed by atoms with E-state index in [0.29, 0.717) is 6.54 Å². The maximum Gasteiger partial charge on any atom is 0.257 e. The number of amides is 1. The lowest BCUT2D eigenvalue weighted by Gasteiger charge is -2.10. The number of sulfonamides is 1. The number of benzene rings is 1. The fraction of sp³-hybridized carbons (Fsp3) is 0.500. The maximum atomic E-state index is 12.0. The molecule has 0 fully saturated rings. The summed E-state index contributed by atoms with van der Waals surface area (Å²) < 4.78 is 36.5. The van der Waals surface area contributed by atoms with Crippen LogP contribution < -0.4 is 14.8 Å². The molecular formula is C14H21ClN2O5S. The molecule has 0 aromatic heterocycles. The van der Waals surface area contributed by atoms with Crippen LogP contribution in [0, 0.1) is 0 Å². The molecule has 7 nitrogen and oxygen atoms in total. The summed E-state index contributed by atoms with van der Waals surface area (Å²) in [6, 6.07) is 4.05. The largest absolute Gasteiger partial charge is 0.482 e. The van der Waals surface area contributed by atoms with E-state index in [-0.39, 0.29) is 41.3 Å². The van der Waals surface area contributed by atoms with E-state index >= 15 is 0 Å². The van der Waals surface area contributed by atoms with Crippen molar-refractivity contribution >= 4 is 27.5 Å². The Hall–Kier alpha value is -1.35. The van der Waals surface area contributed by atoms with Gasteiger partial charge in [0.25, 0.3) is 5.91 Å². The van der Waals surface area contributed by atoms with E-state index in [1.54, 1.807) is 0 Å². The van der Waals surface area contributed by atoms with Crippen molar-refractivity contribution in [2.75, 3.05) is 33.4 Å². The lowest BCUT2D eigenvalue weighted by molar-refractivity contribution is -0.123. The third kappa shape index (κ3) is 6.74. The molecule has 0 saturated heterocycles. The minimum absolute atomic E-state index is 0.0152. The molecule has 23 heavy (non-hydrogen) atoms. The van der Waals surface area contributed by atoms with E-state index < -0.39 is 10.0 Å². The average molecular weight is 365 g/mol. The Morgan fingerprint density at radius 3 is 2.65 bits per heavy atom. The summed E-state index contributed by atoms with van der Waals surface area (Å²) in [5.74, 6) is -0.0185. The number of halogens is 1. The molecule has 2 N–H and O–H groups in total. The Morgan fingerprint density at radius 2 is 2.04 bits per heavy atom. The first-order chi connectivity index (χ1) is 10.9. The Kier molecular flexibility index (Phi) is 8.32. The van der Waals surface area contributed by atoms with E-state index in [9.17, 15) is 13.2 Å². The van der Waals surface area contributed by atoms with Crippen LogP contribution in [0.1, 0.15) is 13.3 Å². The molecule has 0 heterocycles. The van der Waals surface area contributed by atoms with Crippen molar-refractivity contribution < 1.29 is 22.7 Å². The number of hydrogen-bond acceptors (Lipinski definition) is 5. The Balaban J connectivity index is 2.68. The van der Waals surface area contributed by atoms with Gasteiger partial charge in [-0.05, 0) is 24.6 Å². The normalized spacial score (nSPS) is 11.3. The summed E-state index contributed by atoms with van der Waals surface area (Å²) in [6.07, 6.45) is 0.828. The molecule has 0 bridgehead atoms. The molecule has 0 saturated carbocycles. The summed E-state index contributed by atoms with van der Waals surface area (Å²) in [5.41, 5.74) is 0. The van der Waals surface area contributed by atoms with Crippen molar-refractivity contribution in [2.45, 2.75) is 18.2 Å². The van der Waals surface area contributed by atoms with Crippen molar-refractivity contribution in [1.29, 1.82) is 0 Å². The van der Waals surface area contributed by atoms with Gasteiger partial charge in [-0.15, -0.1) is 0 Å². The van der Waals surface area contributed by atoms with Gasteiger partial charge >= 0.3 is 0 Å². The van der Waals surface area contributed by atoms with Crippen molar-refractivity contribution in [3.05, 3.63) is 23.2 Å². The minimum Gasteiger partial charge on any atom is -0.482 e. The summed E-state index contributed by atoms with van der Waals surface area (Å²) in [6.45, 7) is 2.75. The van der Waals surface area contributed by atoms with E-state index in [1.165, 1.54) is 25.3 Å². The van der Waals surface area contributed by atoms with Crippen LogP contribution in [0.3, 0.4) is 0 Å². The van der Waals surface area contributed by atoms with Crippen LogP contribution in [0.15, 0.2) is 23.1 Å². The van der Waals surface area contributed by atoms with Crippen molar-refractivity contribution in [3.8, 4) is 5.75 Å². The van der Waals surface area contributed by atoms with Gasteiger partial charge in [-0.25, -0.2) is 13.1 Å². The number of carbonyl (C=O) groups is 1. The number of hydrogen-bond donors (Lipinski definition) is 2. The zero-order chi connectivity index (χ0) is 17.3. The number of carbonyl (C=O) groups excluding carboxylic acids is 1. The molecule has 1 aromatic rings. The molecular weight excluding hydrogens is 344 g/mol. The summed E-state index contributed by atoms with van der Waals surface area (Å²) >= 11 is 6.01. The lowest BCUT2D eigenvalue weighted by Crippen LogP contribution is -2.29. The first-order valence-electron chi connectivity index (χ1n) is 7.08. The number of rotatable bonds is 10. The summed E-state index contributed by atoms with van der Waals surface area (Å²) in [4.78, 5) is 11.5. The van der Waals surface area contributed by atoms with Gasteiger partial charge in [0.05, 0.1) is 16.5 Å². The summed E-state index contributed by atoms with van der Waals surface area (Å²) in [5, 5.41) is 2.78. The molecule has 1 aromatic carbocycles. The predicted octanol–water partition coefficient (Wildman–Crippen LogP) is 1.17. The molecule has 0 unspecified atom stereocenters. The number of ether oxygens (including phenoxy) is 2. The van der Waals surface area contributed by atoms with E-state index in [0.717, 1.165) is 6.42 Å². The smallest absolute Gasteiger partial charge is 0.257 e. The molecule has 0 radical (unpaired) electrons. The molecule has 0 aliphatic rings. The molecule has 0 aliphatic heterocycles. The topological polar surface area (TPSA) is 93.7 Å². The highest BCUT2D eigenvalue weighted by atomic mass is 35.5. The van der Waals surface area contributed by atoms with Gasteiger partial charge in [-0.1, -0.05) is 18.5 Å². The molecule has 1 rings (SSSR count). The number of nitrogens with one attached hydrogen (secondary N) is 2. The lowest BCUT2D eigenvalue weighted by atomic mass is 10.3. The standard InChI is InChI=1S/C14H21ClN2O5S/c1-3-6-16-14(18)10-22-13-5-4-11(9-12(13)15)23(19,20)17-7-8-21-2/h4-5,9,17H,3,6-8,10H2,1-2H3,(H,16,18). The second kappa shape index (κ2) is 9.71. The van der Waals surface area contributed by atoms with Gasteiger partial charge in [0.1, 0.15) is 5.75 Å². The third-order valence-corrected chi connectivity index (χ3v) is 4.50. The van der Waals surface area contributed by atoms with Crippen LogP contribution >= 0.6 is 11.6 Å². The zero-order valence-electron chi connectivity index (χ0n) is 13.1. The maximum absolute atomic E-state index is 12.0. The van der Waals surface area contributed by atoms with Crippen LogP contribution in [0.2, 0.25) is 5.02 Å². The predicted molar refractivity (Wildman–Crippen MR) is 87.3 cm³/mol. The highest BCUT2D eigenvalue weighted by Crippen LogP contribution is 2.27. The third-order valence-electron chi connectivity index (χ3n) is 2.74. The van der Waals surface area contributed by atoms with Gasteiger partial charge in [0.15, 0.2) is 6.61 Å². The van der Waals surface area contributed by atoms with Gasteiger partial charge in [-0.3, -0.25) is 4.79 Å². The highest BCUT2D eigenvalue weighted by molar-refractivity contribution is 7.89. The van der Waals surface area contributed by atoms with E-state index in [2.05, 4.69) is 10.0 Å². The Bertz CT molecular complexity index is 622. The second-order valence-electron chi connectivity index (χ2n) is 4.62. The van der Waals surface area contributed by atoms with Crippen LogP contribution in [-0.4, -0.2) is 47.7 Å². The number of methoxy groups -OCH3 is 1. The zero-order valence-corrected chi connectivity index (χ0v) is 14.7. The molecule has 130 valence electrons. The first-order valence-corrected chi connectivity index (χ1v) is 8.94. The van der Waals surface area contributed by atoms with E-state index in [1.807, 2.05) is 6.92 Å². The van der Waals surface area contributed by atoms with Crippen molar-refractivity contribution in [3.63, 3.8) is 0 Å². The minimum atomic E-state index is -3.66. The van der Waals surface area contributed by atoms with Crippen LogP contribution in [0.5, 0.6) is 5.75 Å². The van der Waals surface area contributed by atoms with Crippen molar-refractivity contribution in [2.24, 2.45) is 0 Å². The second-order valence-corrected chi connectivity index (χ2v) is 6.80. The first kappa shape index (κ1) is 19.7. The van der Waals surface area contributed by atoms with Gasteiger partial charge in [-0.2, -0.15) is 0 Å². The molecule has 1 amide bonds. The quantitative estimate of drug-likeness (QED) is 0.608. The summed E-state index contributed by atoms with van der Waals surface area (Å²) in [7, 11) is -2.18. The monoisotopic (exact) mass is 364 g/mol.